The number of carbonyl (C=O) groups excluding carboxylic acids is 1. The SMILES string of the molecule is COCCN1CCN(C(=O)CCOc2ccccc2)CC1. The zero-order valence-electron chi connectivity index (χ0n) is 12.7. The molecule has 116 valence electrons. The summed E-state index contributed by atoms with van der Waals surface area (Å²) in [6.45, 7) is 5.58. The summed E-state index contributed by atoms with van der Waals surface area (Å²) >= 11 is 0. The van der Waals surface area contributed by atoms with E-state index in [0.717, 1.165) is 45.1 Å². The van der Waals surface area contributed by atoms with Crippen LogP contribution >= 0.6 is 0 Å². The molecule has 0 bridgehead atoms. The van der Waals surface area contributed by atoms with Gasteiger partial charge in [-0.15, -0.1) is 0 Å². The Balaban J connectivity index is 1.63. The number of amides is 1. The molecule has 1 fully saturated rings. The van der Waals surface area contributed by atoms with Crippen LogP contribution in [-0.2, 0) is 9.53 Å². The molecule has 0 aliphatic carbocycles. The average Bonchev–Trinajstić information content (AvgIpc) is 2.54. The third-order valence-electron chi connectivity index (χ3n) is 3.66. The largest absolute Gasteiger partial charge is 0.493 e. The van der Waals surface area contributed by atoms with Crippen molar-refractivity contribution >= 4 is 5.91 Å². The first-order valence-corrected chi connectivity index (χ1v) is 7.46. The molecule has 21 heavy (non-hydrogen) atoms. The van der Waals surface area contributed by atoms with Crippen molar-refractivity contribution in [1.82, 2.24) is 9.80 Å². The van der Waals surface area contributed by atoms with Crippen molar-refractivity contribution < 1.29 is 14.3 Å². The van der Waals surface area contributed by atoms with E-state index in [1.54, 1.807) is 7.11 Å². The van der Waals surface area contributed by atoms with Crippen molar-refractivity contribution in [3.05, 3.63) is 30.3 Å². The summed E-state index contributed by atoms with van der Waals surface area (Å²) in [5.41, 5.74) is 0. The van der Waals surface area contributed by atoms with Crippen LogP contribution in [0.5, 0.6) is 5.75 Å². The van der Waals surface area contributed by atoms with Crippen LogP contribution in [0, 0.1) is 0 Å². The molecular formula is C16H24N2O3. The smallest absolute Gasteiger partial charge is 0.226 e. The summed E-state index contributed by atoms with van der Waals surface area (Å²) in [4.78, 5) is 16.4. The fourth-order valence-electron chi connectivity index (χ4n) is 2.37. The predicted molar refractivity (Wildman–Crippen MR) is 81.5 cm³/mol. The van der Waals surface area contributed by atoms with Gasteiger partial charge < -0.3 is 14.4 Å². The molecule has 0 saturated carbocycles. The van der Waals surface area contributed by atoms with E-state index in [4.69, 9.17) is 9.47 Å². The summed E-state index contributed by atoms with van der Waals surface area (Å²) in [7, 11) is 1.71. The molecule has 1 amide bonds. The number of methoxy groups -OCH3 is 1. The normalized spacial score (nSPS) is 16.0. The summed E-state index contributed by atoms with van der Waals surface area (Å²) in [5, 5.41) is 0. The van der Waals surface area contributed by atoms with Gasteiger partial charge in [0.25, 0.3) is 0 Å². The highest BCUT2D eigenvalue weighted by atomic mass is 16.5. The Morgan fingerprint density at radius 2 is 1.81 bits per heavy atom. The van der Waals surface area contributed by atoms with Crippen LogP contribution in [0.15, 0.2) is 30.3 Å². The molecule has 5 nitrogen and oxygen atoms in total. The second-order valence-electron chi connectivity index (χ2n) is 5.13. The molecule has 1 aliphatic rings. The Hall–Kier alpha value is -1.59. The zero-order valence-corrected chi connectivity index (χ0v) is 12.7. The van der Waals surface area contributed by atoms with Crippen molar-refractivity contribution in [2.45, 2.75) is 6.42 Å². The number of carbonyl (C=O) groups is 1. The summed E-state index contributed by atoms with van der Waals surface area (Å²) in [5.74, 6) is 0.993. The molecule has 2 rings (SSSR count). The number of hydrogen-bond acceptors (Lipinski definition) is 4. The van der Waals surface area contributed by atoms with Gasteiger partial charge in [0.05, 0.1) is 19.6 Å². The quantitative estimate of drug-likeness (QED) is 0.758. The van der Waals surface area contributed by atoms with E-state index in [9.17, 15) is 4.79 Å². The summed E-state index contributed by atoms with van der Waals surface area (Å²) in [6, 6.07) is 9.60. The lowest BCUT2D eigenvalue weighted by Gasteiger charge is -2.34. The number of para-hydroxylation sites is 1. The minimum Gasteiger partial charge on any atom is -0.493 e. The number of hydrogen-bond donors (Lipinski definition) is 0. The first kappa shape index (κ1) is 15.8. The fourth-order valence-corrected chi connectivity index (χ4v) is 2.37. The molecule has 0 unspecified atom stereocenters. The molecule has 0 radical (unpaired) electrons. The Morgan fingerprint density at radius 3 is 2.48 bits per heavy atom. The minimum absolute atomic E-state index is 0.178. The standard InChI is InChI=1S/C16H24N2O3/c1-20-14-12-17-8-10-18(11-9-17)16(19)7-13-21-15-5-3-2-4-6-15/h2-6H,7-14H2,1H3. The number of benzene rings is 1. The maximum absolute atomic E-state index is 12.1. The maximum Gasteiger partial charge on any atom is 0.226 e. The Bertz CT molecular complexity index is 417. The number of piperazine rings is 1. The van der Waals surface area contributed by atoms with E-state index >= 15 is 0 Å². The highest BCUT2D eigenvalue weighted by Gasteiger charge is 2.20. The van der Waals surface area contributed by atoms with Gasteiger partial charge in [0.15, 0.2) is 0 Å². The van der Waals surface area contributed by atoms with E-state index in [1.807, 2.05) is 35.2 Å². The van der Waals surface area contributed by atoms with E-state index < -0.39 is 0 Å². The van der Waals surface area contributed by atoms with Crippen LogP contribution in [0.4, 0.5) is 0 Å². The molecule has 0 aromatic heterocycles. The second-order valence-corrected chi connectivity index (χ2v) is 5.13. The first-order chi connectivity index (χ1) is 10.3. The Labute approximate surface area is 126 Å². The van der Waals surface area contributed by atoms with Gasteiger partial charge in [-0.2, -0.15) is 0 Å². The van der Waals surface area contributed by atoms with Gasteiger partial charge in [0.1, 0.15) is 5.75 Å². The van der Waals surface area contributed by atoms with Gasteiger partial charge in [-0.1, -0.05) is 18.2 Å². The van der Waals surface area contributed by atoms with Crippen LogP contribution in [0.25, 0.3) is 0 Å². The number of rotatable bonds is 7. The van der Waals surface area contributed by atoms with Gasteiger partial charge in [0, 0.05) is 39.8 Å². The number of ether oxygens (including phenoxy) is 2. The van der Waals surface area contributed by atoms with Crippen LogP contribution in [-0.4, -0.2) is 68.8 Å². The summed E-state index contributed by atoms with van der Waals surface area (Å²) < 4.78 is 10.6. The molecular weight excluding hydrogens is 268 g/mol. The topological polar surface area (TPSA) is 42.0 Å². The fraction of sp³-hybridized carbons (Fsp3) is 0.562. The molecule has 5 heteroatoms. The Kier molecular flexibility index (Phi) is 6.50. The van der Waals surface area contributed by atoms with Gasteiger partial charge in [-0.05, 0) is 12.1 Å². The van der Waals surface area contributed by atoms with E-state index in [-0.39, 0.29) is 5.91 Å². The Morgan fingerprint density at radius 1 is 1.10 bits per heavy atom. The molecule has 0 atom stereocenters. The van der Waals surface area contributed by atoms with Crippen molar-refractivity contribution in [1.29, 1.82) is 0 Å². The van der Waals surface area contributed by atoms with Crippen LogP contribution in [0.1, 0.15) is 6.42 Å². The molecule has 0 spiro atoms. The molecule has 1 aromatic carbocycles. The lowest BCUT2D eigenvalue weighted by molar-refractivity contribution is -0.133. The molecule has 0 N–H and O–H groups in total. The van der Waals surface area contributed by atoms with Gasteiger partial charge in [-0.3, -0.25) is 9.69 Å². The highest BCUT2D eigenvalue weighted by molar-refractivity contribution is 5.76. The van der Waals surface area contributed by atoms with E-state index in [2.05, 4.69) is 4.90 Å². The average molecular weight is 292 g/mol. The zero-order chi connectivity index (χ0) is 14.9. The van der Waals surface area contributed by atoms with E-state index in [1.165, 1.54) is 0 Å². The van der Waals surface area contributed by atoms with Crippen molar-refractivity contribution in [3.8, 4) is 5.75 Å². The van der Waals surface area contributed by atoms with Gasteiger partial charge in [0.2, 0.25) is 5.91 Å². The van der Waals surface area contributed by atoms with Crippen LogP contribution in [0.3, 0.4) is 0 Å². The third-order valence-corrected chi connectivity index (χ3v) is 3.66. The highest BCUT2D eigenvalue weighted by Crippen LogP contribution is 2.09. The van der Waals surface area contributed by atoms with E-state index in [0.29, 0.717) is 13.0 Å². The predicted octanol–water partition coefficient (Wildman–Crippen LogP) is 1.25. The van der Waals surface area contributed by atoms with Gasteiger partial charge >= 0.3 is 0 Å². The van der Waals surface area contributed by atoms with Crippen molar-refractivity contribution in [3.63, 3.8) is 0 Å². The number of nitrogens with zero attached hydrogens (tertiary/aromatic N) is 2. The molecule has 1 saturated heterocycles. The maximum atomic E-state index is 12.1. The van der Waals surface area contributed by atoms with Crippen molar-refractivity contribution in [2.75, 3.05) is 53.0 Å². The van der Waals surface area contributed by atoms with Gasteiger partial charge in [-0.25, -0.2) is 0 Å². The summed E-state index contributed by atoms with van der Waals surface area (Å²) in [6.07, 6.45) is 0.437. The molecule has 1 aromatic rings. The van der Waals surface area contributed by atoms with Crippen LogP contribution < -0.4 is 4.74 Å². The second kappa shape index (κ2) is 8.64. The molecule has 1 aliphatic heterocycles. The molecule has 1 heterocycles. The monoisotopic (exact) mass is 292 g/mol. The third kappa shape index (κ3) is 5.36. The lowest BCUT2D eigenvalue weighted by Crippen LogP contribution is -2.49. The lowest BCUT2D eigenvalue weighted by atomic mass is 10.3. The van der Waals surface area contributed by atoms with Crippen LogP contribution in [0.2, 0.25) is 0 Å². The minimum atomic E-state index is 0.178. The van der Waals surface area contributed by atoms with Crippen molar-refractivity contribution in [2.24, 2.45) is 0 Å². The first-order valence-electron chi connectivity index (χ1n) is 7.46.